The number of aromatic nitrogens is 1. The van der Waals surface area contributed by atoms with E-state index in [0.717, 1.165) is 6.42 Å². The lowest BCUT2D eigenvalue weighted by atomic mass is 9.87. The van der Waals surface area contributed by atoms with Gasteiger partial charge in [0, 0.05) is 37.0 Å². The van der Waals surface area contributed by atoms with Crippen molar-refractivity contribution in [1.82, 2.24) is 15.2 Å². The lowest BCUT2D eigenvalue weighted by Gasteiger charge is -2.27. The molecular formula is C24H32F2N4O5. The van der Waals surface area contributed by atoms with E-state index in [1.165, 1.54) is 10.6 Å². The van der Waals surface area contributed by atoms with E-state index in [2.05, 4.69) is 16.0 Å². The van der Waals surface area contributed by atoms with Crippen LogP contribution in [-0.4, -0.2) is 47.6 Å². The van der Waals surface area contributed by atoms with E-state index in [1.54, 1.807) is 6.07 Å². The fraction of sp³-hybridized carbons (Fsp3) is 0.667. The molecule has 3 atom stereocenters. The minimum atomic E-state index is -2.65. The number of hydrogen-bond acceptors (Lipinski definition) is 5. The molecule has 1 saturated carbocycles. The Labute approximate surface area is 202 Å². The molecular weight excluding hydrogens is 462 g/mol. The van der Waals surface area contributed by atoms with Crippen molar-refractivity contribution in [3.05, 3.63) is 28.2 Å². The Morgan fingerprint density at radius 3 is 2.63 bits per heavy atom. The summed E-state index contributed by atoms with van der Waals surface area (Å²) in [6.45, 7) is 2.49. The summed E-state index contributed by atoms with van der Waals surface area (Å²) in [6.07, 6.45) is 1.56. The molecule has 1 aliphatic carbocycles. The summed E-state index contributed by atoms with van der Waals surface area (Å²) < 4.78 is 33.1. The van der Waals surface area contributed by atoms with Gasteiger partial charge in [0.2, 0.25) is 17.7 Å². The van der Waals surface area contributed by atoms with Crippen LogP contribution in [-0.2, 0) is 20.7 Å². The first-order valence-electron chi connectivity index (χ1n) is 12.3. The van der Waals surface area contributed by atoms with Crippen molar-refractivity contribution >= 4 is 23.6 Å². The summed E-state index contributed by atoms with van der Waals surface area (Å²) in [4.78, 5) is 50.1. The maximum atomic E-state index is 13.3. The normalized spacial score (nSPS) is 24.4. The highest BCUT2D eigenvalue weighted by molar-refractivity contribution is 5.85. The van der Waals surface area contributed by atoms with Gasteiger partial charge in [-0.3, -0.25) is 24.3 Å². The highest BCUT2D eigenvalue weighted by Crippen LogP contribution is 2.36. The van der Waals surface area contributed by atoms with Gasteiger partial charge in [-0.15, -0.1) is 0 Å². The van der Waals surface area contributed by atoms with Crippen molar-refractivity contribution in [1.29, 1.82) is 0 Å². The fourth-order valence-electron chi connectivity index (χ4n) is 5.19. The van der Waals surface area contributed by atoms with Crippen molar-refractivity contribution < 1.29 is 27.9 Å². The van der Waals surface area contributed by atoms with Gasteiger partial charge < -0.3 is 15.4 Å². The van der Waals surface area contributed by atoms with E-state index in [4.69, 9.17) is 4.74 Å². The first kappa shape index (κ1) is 25.1. The first-order chi connectivity index (χ1) is 16.6. The summed E-state index contributed by atoms with van der Waals surface area (Å²) in [7, 11) is 0. The molecule has 9 nitrogen and oxygen atoms in total. The average molecular weight is 495 g/mol. The molecule has 0 radical (unpaired) electrons. The lowest BCUT2D eigenvalue weighted by Crippen LogP contribution is -2.41. The number of ether oxygens (including phenoxy) is 1. The number of rotatable bonds is 7. The summed E-state index contributed by atoms with van der Waals surface area (Å²) in [5.41, 5.74) is 0.182. The second-order valence-corrected chi connectivity index (χ2v) is 9.91. The molecule has 4 rings (SSSR count). The topological polar surface area (TPSA) is 119 Å². The molecule has 35 heavy (non-hydrogen) atoms. The monoisotopic (exact) mass is 494 g/mol. The van der Waals surface area contributed by atoms with Gasteiger partial charge in [0.1, 0.15) is 11.7 Å². The molecule has 2 aliphatic heterocycles. The van der Waals surface area contributed by atoms with Crippen LogP contribution in [0.4, 0.5) is 19.3 Å². The van der Waals surface area contributed by atoms with Crippen LogP contribution < -0.4 is 21.5 Å². The number of fused-ring (bicyclic) bond motifs is 1. The average Bonchev–Trinajstić information content (AvgIpc) is 3.41. The first-order valence-corrected chi connectivity index (χ1v) is 12.3. The zero-order valence-corrected chi connectivity index (χ0v) is 19.8. The number of nitrogens with zero attached hydrogens (tertiary/aromatic N) is 1. The number of halogens is 2. The van der Waals surface area contributed by atoms with Crippen LogP contribution in [0.15, 0.2) is 16.9 Å². The van der Waals surface area contributed by atoms with Gasteiger partial charge in [-0.1, -0.05) is 0 Å². The molecule has 0 spiro atoms. The molecule has 2 fully saturated rings. The number of pyridine rings is 1. The van der Waals surface area contributed by atoms with Gasteiger partial charge >= 0.3 is 6.09 Å². The van der Waals surface area contributed by atoms with Crippen molar-refractivity contribution in [3.63, 3.8) is 0 Å². The summed E-state index contributed by atoms with van der Waals surface area (Å²) in [5.74, 6) is -3.21. The number of carbonyl (C=O) groups excluding carboxylic acids is 3. The Morgan fingerprint density at radius 1 is 1.20 bits per heavy atom. The number of carbonyl (C=O) groups is 3. The highest BCUT2D eigenvalue weighted by Gasteiger charge is 2.35. The maximum Gasteiger partial charge on any atom is 0.411 e. The minimum Gasteiger partial charge on any atom is -0.449 e. The number of anilines is 1. The van der Waals surface area contributed by atoms with Gasteiger partial charge in [-0.2, -0.15) is 0 Å². The Bertz CT molecular complexity index is 1030. The molecule has 192 valence electrons. The van der Waals surface area contributed by atoms with E-state index in [1.807, 2.05) is 6.92 Å². The van der Waals surface area contributed by atoms with E-state index in [0.29, 0.717) is 31.5 Å². The van der Waals surface area contributed by atoms with Crippen molar-refractivity contribution in [2.75, 3.05) is 18.5 Å². The third-order valence-corrected chi connectivity index (χ3v) is 7.20. The van der Waals surface area contributed by atoms with Gasteiger partial charge in [-0.05, 0) is 63.5 Å². The fourth-order valence-corrected chi connectivity index (χ4v) is 5.19. The largest absolute Gasteiger partial charge is 0.449 e. The zero-order valence-electron chi connectivity index (χ0n) is 19.8. The number of nitrogens with one attached hydrogen (secondary N) is 3. The Morgan fingerprint density at radius 2 is 1.94 bits per heavy atom. The maximum absolute atomic E-state index is 13.3. The van der Waals surface area contributed by atoms with Gasteiger partial charge in [0.25, 0.3) is 5.56 Å². The number of amides is 3. The second-order valence-electron chi connectivity index (χ2n) is 9.91. The molecule has 0 aromatic carbocycles. The van der Waals surface area contributed by atoms with Gasteiger partial charge in [0.05, 0.1) is 6.61 Å². The summed E-state index contributed by atoms with van der Waals surface area (Å²) >= 11 is 0. The molecule has 1 saturated heterocycles. The SMILES string of the molecule is C[C@H](C[C@@H]1CCNC1=O)NC(=O)[C@@H]1CCc2ccc(NC(=O)OCC3CCC(F)(F)CC3)c(=O)n21. The predicted octanol–water partition coefficient (Wildman–Crippen LogP) is 2.74. The Kier molecular flexibility index (Phi) is 7.42. The summed E-state index contributed by atoms with van der Waals surface area (Å²) in [5, 5.41) is 8.13. The van der Waals surface area contributed by atoms with E-state index >= 15 is 0 Å². The van der Waals surface area contributed by atoms with Gasteiger partial charge in [0.15, 0.2) is 0 Å². The van der Waals surface area contributed by atoms with Crippen LogP contribution >= 0.6 is 0 Å². The molecule has 3 N–H and O–H groups in total. The van der Waals surface area contributed by atoms with Crippen LogP contribution in [0.3, 0.4) is 0 Å². The van der Waals surface area contributed by atoms with Crippen LogP contribution in [0.2, 0.25) is 0 Å². The number of alkyl halides is 2. The van der Waals surface area contributed by atoms with Crippen LogP contribution in [0, 0.1) is 11.8 Å². The number of aryl methyl sites for hydroxylation is 1. The van der Waals surface area contributed by atoms with Crippen molar-refractivity contribution in [2.24, 2.45) is 11.8 Å². The van der Waals surface area contributed by atoms with E-state index in [9.17, 15) is 28.0 Å². The molecule has 1 aromatic rings. The Hall–Kier alpha value is -2.98. The quantitative estimate of drug-likeness (QED) is 0.539. The van der Waals surface area contributed by atoms with Crippen LogP contribution in [0.1, 0.15) is 63.6 Å². The second kappa shape index (κ2) is 10.3. The molecule has 11 heteroatoms. The predicted molar refractivity (Wildman–Crippen MR) is 123 cm³/mol. The number of hydrogen-bond donors (Lipinski definition) is 3. The van der Waals surface area contributed by atoms with Crippen molar-refractivity contribution in [2.45, 2.75) is 76.3 Å². The lowest BCUT2D eigenvalue weighted by molar-refractivity contribution is -0.126. The molecule has 3 heterocycles. The highest BCUT2D eigenvalue weighted by atomic mass is 19.3. The Balaban J connectivity index is 1.34. The van der Waals surface area contributed by atoms with E-state index in [-0.39, 0.29) is 67.7 Å². The van der Waals surface area contributed by atoms with Crippen molar-refractivity contribution in [3.8, 4) is 0 Å². The van der Waals surface area contributed by atoms with Gasteiger partial charge in [-0.25, -0.2) is 13.6 Å². The van der Waals surface area contributed by atoms with Crippen LogP contribution in [0.25, 0.3) is 0 Å². The molecule has 3 aliphatic rings. The summed E-state index contributed by atoms with van der Waals surface area (Å²) in [6, 6.07) is 2.24. The minimum absolute atomic E-state index is 0.00226. The van der Waals surface area contributed by atoms with E-state index < -0.39 is 23.6 Å². The molecule has 0 bridgehead atoms. The molecule has 3 amide bonds. The standard InChI is InChI=1S/C24H32F2N4O5/c1-14(12-16-8-11-27-20(16)31)28-21(32)19-5-3-17-2-4-18(22(33)30(17)19)29-23(34)35-13-15-6-9-24(25,26)10-7-15/h2,4,14-16,19H,3,5-13H2,1H3,(H,27,31)(H,28,32)(H,29,34)/t14-,16+,19+/m1/s1. The third-order valence-electron chi connectivity index (χ3n) is 7.20. The van der Waals surface area contributed by atoms with Crippen LogP contribution in [0.5, 0.6) is 0 Å². The zero-order chi connectivity index (χ0) is 25.2. The third kappa shape index (κ3) is 5.99. The molecule has 0 unspecified atom stereocenters. The smallest absolute Gasteiger partial charge is 0.411 e. The molecule has 1 aromatic heterocycles.